The number of allylic oxidation sites excluding steroid dienone is 1. The first kappa shape index (κ1) is 19.5. The predicted octanol–water partition coefficient (Wildman–Crippen LogP) is 4.66. The van der Waals surface area contributed by atoms with Gasteiger partial charge in [0.15, 0.2) is 11.6 Å². The average Bonchev–Trinajstić information content (AvgIpc) is 3.16. The minimum Gasteiger partial charge on any atom is -0.494 e. The average molecular weight is 395 g/mol. The van der Waals surface area contributed by atoms with Crippen molar-refractivity contribution in [3.63, 3.8) is 0 Å². The fourth-order valence-corrected chi connectivity index (χ4v) is 5.07. The van der Waals surface area contributed by atoms with Gasteiger partial charge in [0.1, 0.15) is 0 Å². The van der Waals surface area contributed by atoms with E-state index in [-0.39, 0.29) is 29.7 Å². The zero-order valence-electron chi connectivity index (χ0n) is 17.0. The smallest absolute Gasteiger partial charge is 0.230 e. The van der Waals surface area contributed by atoms with Crippen LogP contribution in [-0.2, 0) is 4.79 Å². The van der Waals surface area contributed by atoms with Crippen LogP contribution in [0.5, 0.6) is 5.75 Å². The Hall–Kier alpha value is -2.81. The van der Waals surface area contributed by atoms with Gasteiger partial charge in [-0.15, -0.1) is 0 Å². The lowest BCUT2D eigenvalue weighted by Crippen LogP contribution is -2.56. The summed E-state index contributed by atoms with van der Waals surface area (Å²) in [7, 11) is 1.44. The molecular formula is C23H26FN3O2. The van der Waals surface area contributed by atoms with E-state index < -0.39 is 11.7 Å². The van der Waals surface area contributed by atoms with Crippen molar-refractivity contribution < 1.29 is 13.9 Å². The van der Waals surface area contributed by atoms with Gasteiger partial charge in [-0.2, -0.15) is 5.26 Å². The second-order valence-corrected chi connectivity index (χ2v) is 8.18. The van der Waals surface area contributed by atoms with Crippen molar-refractivity contribution in [1.29, 1.82) is 5.26 Å². The summed E-state index contributed by atoms with van der Waals surface area (Å²) < 4.78 is 20.1. The van der Waals surface area contributed by atoms with Crippen LogP contribution in [0, 0.1) is 23.1 Å². The van der Waals surface area contributed by atoms with E-state index in [0.717, 1.165) is 12.8 Å². The third kappa shape index (κ3) is 3.19. The SMILES string of the molecule is CC=C1CC2CC(C#N)CC(C1)N2C(=O)C(C)c1c[nH]c2ccc(OC)c(F)c12. The van der Waals surface area contributed by atoms with Crippen molar-refractivity contribution in [1.82, 2.24) is 9.88 Å². The quantitative estimate of drug-likeness (QED) is 0.769. The van der Waals surface area contributed by atoms with Gasteiger partial charge in [-0.1, -0.05) is 11.6 Å². The third-order valence-corrected chi connectivity index (χ3v) is 6.58. The molecule has 0 aliphatic carbocycles. The Labute approximate surface area is 170 Å². The van der Waals surface area contributed by atoms with Crippen molar-refractivity contribution >= 4 is 16.8 Å². The standard InChI is InChI=1S/C23H26FN3O2/c1-4-14-7-16-9-15(11-25)10-17(8-14)27(16)23(28)13(2)18-12-26-19-5-6-20(29-3)22(24)21(18)19/h4-6,12-13,15-17,26H,7-10H2,1-3H3. The number of carbonyl (C=O) groups excluding carboxylic acids is 1. The van der Waals surface area contributed by atoms with Crippen molar-refractivity contribution in [2.75, 3.05) is 7.11 Å². The molecule has 6 heteroatoms. The number of fused-ring (bicyclic) bond motifs is 3. The molecule has 5 nitrogen and oxygen atoms in total. The van der Waals surface area contributed by atoms with Crippen molar-refractivity contribution in [2.45, 2.75) is 57.5 Å². The van der Waals surface area contributed by atoms with Gasteiger partial charge in [0, 0.05) is 29.2 Å². The van der Waals surface area contributed by atoms with Gasteiger partial charge >= 0.3 is 0 Å². The Bertz CT molecular complexity index is 1000. The highest BCUT2D eigenvalue weighted by Gasteiger charge is 2.43. The highest BCUT2D eigenvalue weighted by atomic mass is 19.1. The molecule has 152 valence electrons. The molecule has 2 fully saturated rings. The minimum atomic E-state index is -0.485. The molecule has 2 aliphatic heterocycles. The molecule has 1 amide bonds. The van der Waals surface area contributed by atoms with Crippen LogP contribution in [0.25, 0.3) is 10.9 Å². The Balaban J connectivity index is 1.68. The minimum absolute atomic E-state index is 0.00226. The highest BCUT2D eigenvalue weighted by Crippen LogP contribution is 2.41. The van der Waals surface area contributed by atoms with Crippen molar-refractivity contribution in [3.8, 4) is 11.8 Å². The van der Waals surface area contributed by atoms with Crippen LogP contribution >= 0.6 is 0 Å². The number of hydrogen-bond acceptors (Lipinski definition) is 3. The van der Waals surface area contributed by atoms with Crippen LogP contribution in [0.3, 0.4) is 0 Å². The fourth-order valence-electron chi connectivity index (χ4n) is 5.07. The van der Waals surface area contributed by atoms with E-state index in [9.17, 15) is 14.4 Å². The van der Waals surface area contributed by atoms with E-state index in [1.165, 1.54) is 12.7 Å². The Kier molecular flexibility index (Phi) is 5.08. The summed E-state index contributed by atoms with van der Waals surface area (Å²) in [5.41, 5.74) is 2.65. The third-order valence-electron chi connectivity index (χ3n) is 6.58. The maximum atomic E-state index is 14.9. The van der Waals surface area contributed by atoms with Crippen molar-refractivity contribution in [3.05, 3.63) is 41.4 Å². The second kappa shape index (κ2) is 7.55. The van der Waals surface area contributed by atoms with Crippen LogP contribution in [0.2, 0.25) is 0 Å². The molecule has 0 saturated carbocycles. The second-order valence-electron chi connectivity index (χ2n) is 8.18. The number of ether oxygens (including phenoxy) is 1. The number of halogens is 1. The lowest BCUT2D eigenvalue weighted by Gasteiger charge is -2.49. The number of piperidine rings is 2. The van der Waals surface area contributed by atoms with Crippen molar-refractivity contribution in [2.24, 2.45) is 5.92 Å². The largest absolute Gasteiger partial charge is 0.494 e. The molecule has 0 radical (unpaired) electrons. The van der Waals surface area contributed by atoms with Crippen LogP contribution in [0.15, 0.2) is 30.0 Å². The summed E-state index contributed by atoms with van der Waals surface area (Å²) in [5, 5.41) is 9.84. The summed E-state index contributed by atoms with van der Waals surface area (Å²) in [6.07, 6.45) is 6.92. The molecule has 3 heterocycles. The molecule has 2 aliphatic rings. The highest BCUT2D eigenvalue weighted by molar-refractivity contribution is 5.93. The molecule has 2 aromatic rings. The van der Waals surface area contributed by atoms with Gasteiger partial charge in [-0.05, 0) is 57.2 Å². The normalized spacial score (nSPS) is 24.9. The number of nitrogens with zero attached hydrogens (tertiary/aromatic N) is 2. The van der Waals surface area contributed by atoms with Gasteiger partial charge < -0.3 is 14.6 Å². The van der Waals surface area contributed by atoms with Gasteiger partial charge in [-0.25, -0.2) is 4.39 Å². The van der Waals surface area contributed by atoms with E-state index in [2.05, 4.69) is 17.1 Å². The fraction of sp³-hybridized carbons (Fsp3) is 0.478. The Morgan fingerprint density at radius 3 is 2.66 bits per heavy atom. The predicted molar refractivity (Wildman–Crippen MR) is 109 cm³/mol. The van der Waals surface area contributed by atoms with E-state index in [1.807, 2.05) is 18.7 Å². The van der Waals surface area contributed by atoms with Gasteiger partial charge in [-0.3, -0.25) is 4.79 Å². The molecule has 3 unspecified atom stereocenters. The van der Waals surface area contributed by atoms with Crippen LogP contribution in [-0.4, -0.2) is 35.0 Å². The van der Waals surface area contributed by atoms with Crippen LogP contribution < -0.4 is 4.74 Å². The monoisotopic (exact) mass is 395 g/mol. The lowest BCUT2D eigenvalue weighted by atomic mass is 9.76. The topological polar surface area (TPSA) is 69.1 Å². The number of aromatic amines is 1. The van der Waals surface area contributed by atoms with Crippen LogP contribution in [0.4, 0.5) is 4.39 Å². The molecular weight excluding hydrogens is 369 g/mol. The number of nitrogens with one attached hydrogen (secondary N) is 1. The molecule has 1 aromatic carbocycles. The molecule has 3 atom stereocenters. The molecule has 4 rings (SSSR count). The molecule has 1 aromatic heterocycles. The number of benzene rings is 1. The molecule has 0 spiro atoms. The molecule has 1 N–H and O–H groups in total. The zero-order valence-corrected chi connectivity index (χ0v) is 17.0. The summed E-state index contributed by atoms with van der Waals surface area (Å²) in [6.45, 7) is 3.88. The summed E-state index contributed by atoms with van der Waals surface area (Å²) in [5.74, 6) is -0.753. The lowest BCUT2D eigenvalue weighted by molar-refractivity contribution is -0.141. The Morgan fingerprint density at radius 1 is 1.38 bits per heavy atom. The first-order chi connectivity index (χ1) is 14.0. The summed E-state index contributed by atoms with van der Waals surface area (Å²) >= 11 is 0. The van der Waals surface area contributed by atoms with E-state index in [4.69, 9.17) is 4.74 Å². The van der Waals surface area contributed by atoms with E-state index in [1.54, 1.807) is 18.3 Å². The van der Waals surface area contributed by atoms with Crippen LogP contribution in [0.1, 0.15) is 51.0 Å². The number of H-pyrrole nitrogens is 1. The number of carbonyl (C=O) groups is 1. The number of methoxy groups -OCH3 is 1. The maximum Gasteiger partial charge on any atom is 0.230 e. The molecule has 2 bridgehead atoms. The van der Waals surface area contributed by atoms with E-state index in [0.29, 0.717) is 29.3 Å². The summed E-state index contributed by atoms with van der Waals surface area (Å²) in [6, 6.07) is 5.83. The zero-order chi connectivity index (χ0) is 20.7. The van der Waals surface area contributed by atoms with Gasteiger partial charge in [0.2, 0.25) is 5.91 Å². The number of nitriles is 1. The first-order valence-electron chi connectivity index (χ1n) is 10.2. The summed E-state index contributed by atoms with van der Waals surface area (Å²) in [4.78, 5) is 18.6. The molecule has 2 saturated heterocycles. The van der Waals surface area contributed by atoms with E-state index >= 15 is 0 Å². The Morgan fingerprint density at radius 2 is 2.07 bits per heavy atom. The maximum absolute atomic E-state index is 14.9. The van der Waals surface area contributed by atoms with Gasteiger partial charge in [0.25, 0.3) is 0 Å². The first-order valence-corrected chi connectivity index (χ1v) is 10.2. The number of aromatic nitrogens is 1. The number of hydrogen-bond donors (Lipinski definition) is 1. The number of amides is 1. The molecule has 29 heavy (non-hydrogen) atoms. The number of rotatable bonds is 3. The van der Waals surface area contributed by atoms with Gasteiger partial charge in [0.05, 0.1) is 25.0 Å².